The van der Waals surface area contributed by atoms with Crippen LogP contribution in [-0.2, 0) is 14.3 Å². The lowest BCUT2D eigenvalue weighted by atomic mass is 10.0. The molecule has 0 aromatic carbocycles. The Bertz CT molecular complexity index is 1020. The Morgan fingerprint density at radius 1 is 0.444 bits per heavy atom. The molecule has 2 atom stereocenters. The fourth-order valence-corrected chi connectivity index (χ4v) is 8.37. The fraction of sp³-hybridized carbons (Fsp3) is 0.860. The smallest absolute Gasteiger partial charge is 0.305 e. The summed E-state index contributed by atoms with van der Waals surface area (Å²) in [6.45, 7) is 4.82. The monoisotopic (exact) mass is 886 g/mol. The van der Waals surface area contributed by atoms with Crippen LogP contribution in [0, 0.1) is 0 Å². The van der Waals surface area contributed by atoms with Crippen LogP contribution in [0.5, 0.6) is 0 Å². The van der Waals surface area contributed by atoms with E-state index in [9.17, 15) is 19.8 Å². The average molecular weight is 886 g/mol. The first kappa shape index (κ1) is 61.1. The van der Waals surface area contributed by atoms with Crippen LogP contribution in [0.25, 0.3) is 0 Å². The number of esters is 1. The van der Waals surface area contributed by atoms with Crippen LogP contribution in [0.4, 0.5) is 0 Å². The van der Waals surface area contributed by atoms with Gasteiger partial charge in [-0.3, -0.25) is 9.59 Å². The summed E-state index contributed by atoms with van der Waals surface area (Å²) < 4.78 is 5.46. The molecule has 0 aromatic rings. The third kappa shape index (κ3) is 49.4. The molecule has 6 heteroatoms. The largest absolute Gasteiger partial charge is 0.466 e. The summed E-state index contributed by atoms with van der Waals surface area (Å²) in [5, 5.41) is 23.1. The zero-order chi connectivity index (χ0) is 45.8. The molecule has 0 bridgehead atoms. The average Bonchev–Trinajstić information content (AvgIpc) is 3.28. The zero-order valence-electron chi connectivity index (χ0n) is 42.1. The molecule has 6 nitrogen and oxygen atoms in total. The van der Waals surface area contributed by atoms with Crippen molar-refractivity contribution < 1.29 is 24.5 Å². The van der Waals surface area contributed by atoms with E-state index in [0.29, 0.717) is 19.4 Å². The van der Waals surface area contributed by atoms with Gasteiger partial charge in [0.25, 0.3) is 0 Å². The zero-order valence-corrected chi connectivity index (χ0v) is 42.1. The van der Waals surface area contributed by atoms with Crippen LogP contribution in [0.2, 0.25) is 0 Å². The number of ether oxygens (including phenoxy) is 1. The van der Waals surface area contributed by atoms with Crippen LogP contribution < -0.4 is 5.32 Å². The van der Waals surface area contributed by atoms with Crippen LogP contribution in [0.15, 0.2) is 36.5 Å². The van der Waals surface area contributed by atoms with Crippen molar-refractivity contribution in [3.8, 4) is 0 Å². The Morgan fingerprint density at radius 3 is 1.24 bits per heavy atom. The number of hydrogen-bond donors (Lipinski definition) is 3. The predicted molar refractivity (Wildman–Crippen MR) is 273 cm³/mol. The SMILES string of the molecule is CCCCC/C=C\C/C=C\CCCCCCCCCC(=O)OCCCCCCCCCCCC(=O)NC(CO)C(O)/C=C/CCCCCCCCCCCCCCCCCCCC. The van der Waals surface area contributed by atoms with Crippen LogP contribution in [0.3, 0.4) is 0 Å². The highest BCUT2D eigenvalue weighted by atomic mass is 16.5. The van der Waals surface area contributed by atoms with Gasteiger partial charge in [-0.2, -0.15) is 0 Å². The van der Waals surface area contributed by atoms with Crippen molar-refractivity contribution in [1.29, 1.82) is 0 Å². The van der Waals surface area contributed by atoms with Crippen molar-refractivity contribution in [2.45, 2.75) is 302 Å². The maximum absolute atomic E-state index is 12.5. The lowest BCUT2D eigenvalue weighted by molar-refractivity contribution is -0.143. The van der Waals surface area contributed by atoms with E-state index < -0.39 is 12.1 Å². The highest BCUT2D eigenvalue weighted by molar-refractivity contribution is 5.76. The number of carbonyl (C=O) groups excluding carboxylic acids is 2. The lowest BCUT2D eigenvalue weighted by Gasteiger charge is -2.20. The first-order valence-electron chi connectivity index (χ1n) is 27.8. The molecule has 0 saturated carbocycles. The number of aliphatic hydroxyl groups excluding tert-OH is 2. The number of unbranched alkanes of at least 4 members (excludes halogenated alkanes) is 36. The quantitative estimate of drug-likeness (QED) is 0.0321. The molecule has 0 radical (unpaired) electrons. The number of carbonyl (C=O) groups is 2. The van der Waals surface area contributed by atoms with Gasteiger partial charge in [-0.05, 0) is 64.2 Å². The molecule has 0 fully saturated rings. The second-order valence-corrected chi connectivity index (χ2v) is 18.9. The van der Waals surface area contributed by atoms with Crippen LogP contribution in [-0.4, -0.2) is 47.4 Å². The van der Waals surface area contributed by atoms with E-state index >= 15 is 0 Å². The van der Waals surface area contributed by atoms with Gasteiger partial charge in [-0.15, -0.1) is 0 Å². The molecule has 0 rings (SSSR count). The molecule has 2 unspecified atom stereocenters. The van der Waals surface area contributed by atoms with E-state index in [4.69, 9.17) is 4.74 Å². The molecule has 0 saturated heterocycles. The minimum Gasteiger partial charge on any atom is -0.466 e. The van der Waals surface area contributed by atoms with Crippen molar-refractivity contribution in [3.63, 3.8) is 0 Å². The number of hydrogen-bond acceptors (Lipinski definition) is 5. The van der Waals surface area contributed by atoms with Crippen LogP contribution >= 0.6 is 0 Å². The topological polar surface area (TPSA) is 95.9 Å². The first-order chi connectivity index (χ1) is 31.0. The molecular formula is C57H107NO5. The Hall–Kier alpha value is -1.92. The number of allylic oxidation sites excluding steroid dienone is 5. The Balaban J connectivity index is 3.52. The van der Waals surface area contributed by atoms with Crippen molar-refractivity contribution in [3.05, 3.63) is 36.5 Å². The third-order valence-corrected chi connectivity index (χ3v) is 12.7. The normalized spacial score (nSPS) is 12.9. The Kier molecular flexibility index (Phi) is 51.1. The molecule has 3 N–H and O–H groups in total. The lowest BCUT2D eigenvalue weighted by Crippen LogP contribution is -2.45. The van der Waals surface area contributed by atoms with Crippen molar-refractivity contribution in [2.24, 2.45) is 0 Å². The van der Waals surface area contributed by atoms with E-state index in [0.717, 1.165) is 64.2 Å². The van der Waals surface area contributed by atoms with E-state index in [1.807, 2.05) is 6.08 Å². The predicted octanol–water partition coefficient (Wildman–Crippen LogP) is 16.9. The minimum absolute atomic E-state index is 0.0349. The molecule has 0 aliphatic carbocycles. The van der Waals surface area contributed by atoms with Gasteiger partial charge >= 0.3 is 5.97 Å². The van der Waals surface area contributed by atoms with Crippen LogP contribution in [0.1, 0.15) is 290 Å². The molecule has 0 aliphatic heterocycles. The van der Waals surface area contributed by atoms with Gasteiger partial charge in [0.2, 0.25) is 5.91 Å². The number of rotatable bonds is 51. The Morgan fingerprint density at radius 2 is 0.794 bits per heavy atom. The molecule has 0 spiro atoms. The van der Waals surface area contributed by atoms with Crippen molar-refractivity contribution in [2.75, 3.05) is 13.2 Å². The van der Waals surface area contributed by atoms with Gasteiger partial charge in [0.15, 0.2) is 0 Å². The molecule has 0 aliphatic rings. The van der Waals surface area contributed by atoms with Crippen molar-refractivity contribution >= 4 is 11.9 Å². The Labute approximate surface area is 392 Å². The van der Waals surface area contributed by atoms with Gasteiger partial charge < -0.3 is 20.3 Å². The van der Waals surface area contributed by atoms with E-state index in [-0.39, 0.29) is 18.5 Å². The minimum atomic E-state index is -0.864. The van der Waals surface area contributed by atoms with Gasteiger partial charge in [0.1, 0.15) is 0 Å². The maximum Gasteiger partial charge on any atom is 0.305 e. The molecule has 63 heavy (non-hydrogen) atoms. The molecular weight excluding hydrogens is 779 g/mol. The maximum atomic E-state index is 12.5. The highest BCUT2D eigenvalue weighted by Crippen LogP contribution is 2.16. The van der Waals surface area contributed by atoms with Gasteiger partial charge in [0, 0.05) is 12.8 Å². The fourth-order valence-electron chi connectivity index (χ4n) is 8.37. The van der Waals surface area contributed by atoms with E-state index in [2.05, 4.69) is 43.5 Å². The first-order valence-corrected chi connectivity index (χ1v) is 27.8. The molecule has 0 heterocycles. The number of amides is 1. The van der Waals surface area contributed by atoms with E-state index in [1.54, 1.807) is 6.08 Å². The summed E-state index contributed by atoms with van der Waals surface area (Å²) >= 11 is 0. The third-order valence-electron chi connectivity index (χ3n) is 12.7. The number of nitrogens with one attached hydrogen (secondary N) is 1. The molecule has 1 amide bonds. The highest BCUT2D eigenvalue weighted by Gasteiger charge is 2.18. The van der Waals surface area contributed by atoms with Gasteiger partial charge in [0.05, 0.1) is 25.4 Å². The summed E-state index contributed by atoms with van der Waals surface area (Å²) in [7, 11) is 0. The summed E-state index contributed by atoms with van der Waals surface area (Å²) in [4.78, 5) is 24.5. The van der Waals surface area contributed by atoms with Gasteiger partial charge in [-0.1, -0.05) is 249 Å². The summed E-state index contributed by atoms with van der Waals surface area (Å²) in [5.41, 5.74) is 0. The molecule has 370 valence electrons. The van der Waals surface area contributed by atoms with E-state index in [1.165, 1.54) is 199 Å². The number of aliphatic hydroxyl groups is 2. The standard InChI is InChI=1S/C57H107NO5/c1-3-5-7-9-11-13-15-17-19-21-22-23-25-26-28-30-33-37-41-45-49-55(60)54(53-59)58-56(61)50-46-42-38-34-32-36-40-44-48-52-63-57(62)51-47-43-39-35-31-29-27-24-20-18-16-14-12-10-8-6-4-2/h12,14,18,20,45,49,54-55,59-60H,3-11,13,15-17,19,21-44,46-48,50-53H2,1-2H3,(H,58,61)/b14-12-,20-18-,49-45+. The second-order valence-electron chi connectivity index (χ2n) is 18.9. The summed E-state index contributed by atoms with van der Waals surface area (Å²) in [6, 6.07) is -0.650. The second kappa shape index (κ2) is 52.7. The summed E-state index contributed by atoms with van der Waals surface area (Å²) in [5.74, 6) is -0.130. The molecule has 0 aromatic heterocycles. The van der Waals surface area contributed by atoms with Gasteiger partial charge in [-0.25, -0.2) is 0 Å². The summed E-state index contributed by atoms with van der Waals surface area (Å²) in [6.07, 6.45) is 64.4. The van der Waals surface area contributed by atoms with Crippen molar-refractivity contribution in [1.82, 2.24) is 5.32 Å².